The maximum atomic E-state index is 13.2. The van der Waals surface area contributed by atoms with E-state index < -0.39 is 28.6 Å². The van der Waals surface area contributed by atoms with Crippen molar-refractivity contribution in [2.75, 3.05) is 0 Å². The van der Waals surface area contributed by atoms with Gasteiger partial charge in [0.15, 0.2) is 11.7 Å². The average Bonchev–Trinajstić information content (AvgIpc) is 3.53. The second-order valence-electron chi connectivity index (χ2n) is 8.22. The molecule has 4 atom stereocenters. The van der Waals surface area contributed by atoms with Crippen molar-refractivity contribution in [3.8, 4) is 5.75 Å². The molecule has 2 saturated heterocycles. The maximum absolute atomic E-state index is 13.2. The molecule has 2 aliphatic heterocycles. The Labute approximate surface area is 192 Å². The lowest BCUT2D eigenvalue weighted by Gasteiger charge is -2.44. The number of amides is 2. The molecule has 0 bridgehead atoms. The van der Waals surface area contributed by atoms with Crippen molar-refractivity contribution in [1.29, 1.82) is 0 Å². The average molecular weight is 468 g/mol. The normalized spacial score (nSPS) is 24.0. The Morgan fingerprint density at radius 2 is 2.03 bits per heavy atom. The van der Waals surface area contributed by atoms with Gasteiger partial charge >= 0.3 is 5.97 Å². The third kappa shape index (κ3) is 3.65. The first kappa shape index (κ1) is 21.2. The van der Waals surface area contributed by atoms with Crippen LogP contribution in [-0.2, 0) is 14.4 Å². The van der Waals surface area contributed by atoms with Gasteiger partial charge in [-0.2, -0.15) is 0 Å². The van der Waals surface area contributed by atoms with Crippen molar-refractivity contribution >= 4 is 29.5 Å². The number of aromatic nitrogens is 4. The summed E-state index contributed by atoms with van der Waals surface area (Å²) in [5.74, 6) is -2.21. The van der Waals surface area contributed by atoms with E-state index in [0.717, 1.165) is 0 Å². The zero-order valence-corrected chi connectivity index (χ0v) is 18.5. The highest BCUT2D eigenvalue weighted by Crippen LogP contribution is 2.56. The first-order chi connectivity index (χ1) is 15.9. The Morgan fingerprint density at radius 1 is 1.24 bits per heavy atom. The van der Waals surface area contributed by atoms with Crippen LogP contribution in [0.5, 0.6) is 5.75 Å². The molecular weight excluding hydrogens is 448 g/mol. The van der Waals surface area contributed by atoms with Crippen molar-refractivity contribution < 1.29 is 23.5 Å². The highest BCUT2D eigenvalue weighted by Gasteiger charge is 2.63. The fourth-order valence-corrected chi connectivity index (χ4v) is 5.82. The van der Waals surface area contributed by atoms with E-state index in [4.69, 9.17) is 9.15 Å². The summed E-state index contributed by atoms with van der Waals surface area (Å²) in [6.07, 6.45) is 1.37. The lowest BCUT2D eigenvalue weighted by molar-refractivity contribution is -0.153. The van der Waals surface area contributed by atoms with Crippen molar-refractivity contribution in [3.63, 3.8) is 0 Å². The summed E-state index contributed by atoms with van der Waals surface area (Å²) in [6.45, 7) is 3.97. The number of carbonyl (C=O) groups is 3. The molecule has 33 heavy (non-hydrogen) atoms. The summed E-state index contributed by atoms with van der Waals surface area (Å²) in [6, 6.07) is 10.4. The number of para-hydroxylation sites is 1. The van der Waals surface area contributed by atoms with E-state index in [0.29, 0.717) is 11.6 Å². The Morgan fingerprint density at radius 3 is 2.70 bits per heavy atom. The number of thioether (sulfide) groups is 1. The molecule has 2 fully saturated rings. The van der Waals surface area contributed by atoms with E-state index in [1.165, 1.54) is 24.1 Å². The number of β-lactam (4-membered cyclic amide) rings is 1. The Balaban J connectivity index is 1.34. The fraction of sp³-hybridized carbons (Fsp3) is 0.333. The summed E-state index contributed by atoms with van der Waals surface area (Å²) >= 11 is 1.53. The number of carbonyl (C=O) groups excluding carboxylic acids is 3. The first-order valence-corrected chi connectivity index (χ1v) is 11.1. The van der Waals surface area contributed by atoms with Gasteiger partial charge in [0, 0.05) is 4.75 Å². The number of tetrazole rings is 1. The predicted molar refractivity (Wildman–Crippen MR) is 115 cm³/mol. The van der Waals surface area contributed by atoms with Crippen molar-refractivity contribution in [2.24, 2.45) is 0 Å². The molecular formula is C21H20N6O5S. The van der Waals surface area contributed by atoms with E-state index >= 15 is 0 Å². The third-order valence-corrected chi connectivity index (χ3v) is 7.22. The molecule has 0 radical (unpaired) electrons. The van der Waals surface area contributed by atoms with Crippen LogP contribution in [0.2, 0.25) is 0 Å². The monoisotopic (exact) mass is 468 g/mol. The van der Waals surface area contributed by atoms with E-state index in [2.05, 4.69) is 25.9 Å². The molecule has 2 aromatic heterocycles. The van der Waals surface area contributed by atoms with Crippen LogP contribution in [0.25, 0.3) is 0 Å². The fourth-order valence-electron chi connectivity index (χ4n) is 4.18. The highest BCUT2D eigenvalue weighted by molar-refractivity contribution is 8.01. The van der Waals surface area contributed by atoms with Crippen LogP contribution >= 0.6 is 11.8 Å². The van der Waals surface area contributed by atoms with Gasteiger partial charge in [0.25, 0.3) is 0 Å². The second kappa shape index (κ2) is 8.03. The minimum absolute atomic E-state index is 0.127. The number of hydrogen-bond acceptors (Lipinski definition) is 9. The standard InChI is InChI=1S/C21H20N6O5S/c1-21(2)15(16-23-25-26-24-16)27-18(29)14(19(27)33-21)22-17(28)13(12-9-6-10-31-12)20(30)32-11-7-4-3-5-8-11/h3-10,13-15,19H,1-2H3,(H,22,28)(H,23,24,25,26)/t13?,14?,15?,19-/m0/s1. The Kier molecular flexibility index (Phi) is 5.16. The molecule has 170 valence electrons. The van der Waals surface area contributed by atoms with Crippen LogP contribution < -0.4 is 10.1 Å². The number of nitrogens with one attached hydrogen (secondary N) is 2. The van der Waals surface area contributed by atoms with E-state index in [1.807, 2.05) is 13.8 Å². The minimum atomic E-state index is -1.37. The molecule has 5 rings (SSSR count). The molecule has 0 aliphatic carbocycles. The Bertz CT molecular complexity index is 1170. The van der Waals surface area contributed by atoms with Crippen molar-refractivity contribution in [2.45, 2.75) is 42.0 Å². The van der Waals surface area contributed by atoms with Crippen molar-refractivity contribution in [3.05, 3.63) is 60.3 Å². The molecule has 11 nitrogen and oxygen atoms in total. The largest absolute Gasteiger partial charge is 0.468 e. The van der Waals surface area contributed by atoms with Crippen LogP contribution in [0.4, 0.5) is 0 Å². The lowest BCUT2D eigenvalue weighted by atomic mass is 9.95. The van der Waals surface area contributed by atoms with Gasteiger partial charge in [0.2, 0.25) is 11.8 Å². The Hall–Kier alpha value is -3.67. The third-order valence-electron chi connectivity index (χ3n) is 5.65. The summed E-state index contributed by atoms with van der Waals surface area (Å²) in [4.78, 5) is 40.8. The number of rotatable bonds is 6. The van der Waals surface area contributed by atoms with Gasteiger partial charge < -0.3 is 19.4 Å². The summed E-state index contributed by atoms with van der Waals surface area (Å²) in [7, 11) is 0. The van der Waals surface area contributed by atoms with Gasteiger partial charge in [-0.05, 0) is 48.5 Å². The number of furan rings is 1. The van der Waals surface area contributed by atoms with Gasteiger partial charge in [-0.1, -0.05) is 18.2 Å². The molecule has 3 unspecified atom stereocenters. The van der Waals surface area contributed by atoms with Crippen LogP contribution in [0.3, 0.4) is 0 Å². The zero-order valence-electron chi connectivity index (χ0n) is 17.7. The van der Waals surface area contributed by atoms with Gasteiger partial charge in [-0.3, -0.25) is 14.4 Å². The number of fused-ring (bicyclic) bond motifs is 1. The summed E-state index contributed by atoms with van der Waals surface area (Å²) < 4.78 is 10.3. The zero-order chi connectivity index (χ0) is 23.2. The number of aromatic amines is 1. The molecule has 4 heterocycles. The van der Waals surface area contributed by atoms with E-state index in [-0.39, 0.29) is 23.1 Å². The van der Waals surface area contributed by atoms with Crippen molar-refractivity contribution in [1.82, 2.24) is 30.8 Å². The molecule has 2 N–H and O–H groups in total. The highest BCUT2D eigenvalue weighted by atomic mass is 32.2. The van der Waals surface area contributed by atoms with Crippen LogP contribution in [0.1, 0.15) is 37.4 Å². The topological polar surface area (TPSA) is 143 Å². The van der Waals surface area contributed by atoms with Gasteiger partial charge in [-0.15, -0.1) is 16.9 Å². The molecule has 3 aromatic rings. The summed E-state index contributed by atoms with van der Waals surface area (Å²) in [5, 5.41) is 16.3. The molecule has 2 amide bonds. The second-order valence-corrected chi connectivity index (χ2v) is 9.99. The van der Waals surface area contributed by atoms with Gasteiger partial charge in [-0.25, -0.2) is 5.10 Å². The molecule has 1 aromatic carbocycles. The number of ether oxygens (including phenoxy) is 1. The number of esters is 1. The molecule has 12 heteroatoms. The smallest absolute Gasteiger partial charge is 0.331 e. The molecule has 2 aliphatic rings. The number of H-pyrrole nitrogens is 1. The molecule has 0 spiro atoms. The van der Waals surface area contributed by atoms with Crippen LogP contribution in [0.15, 0.2) is 53.1 Å². The lowest BCUT2D eigenvalue weighted by Crippen LogP contribution is -2.68. The first-order valence-electron chi connectivity index (χ1n) is 10.2. The number of benzene rings is 1. The number of hydrogen-bond donors (Lipinski definition) is 2. The minimum Gasteiger partial charge on any atom is -0.468 e. The van der Waals surface area contributed by atoms with E-state index in [9.17, 15) is 14.4 Å². The van der Waals surface area contributed by atoms with Gasteiger partial charge in [0.1, 0.15) is 29.0 Å². The van der Waals surface area contributed by atoms with Crippen LogP contribution in [0, 0.1) is 0 Å². The quantitative estimate of drug-likeness (QED) is 0.237. The predicted octanol–water partition coefficient (Wildman–Crippen LogP) is 1.40. The molecule has 0 saturated carbocycles. The van der Waals surface area contributed by atoms with Crippen LogP contribution in [-0.4, -0.2) is 59.5 Å². The van der Waals surface area contributed by atoms with Gasteiger partial charge in [0.05, 0.1) is 6.26 Å². The van der Waals surface area contributed by atoms with E-state index in [1.54, 1.807) is 41.3 Å². The SMILES string of the molecule is CC1(C)S[C@H]2C(NC(=O)C(C(=O)Oc3ccccc3)c3ccco3)C(=O)N2C1c1nnn[nH]1. The maximum Gasteiger partial charge on any atom is 0.331 e. The summed E-state index contributed by atoms with van der Waals surface area (Å²) in [5.41, 5.74) is 0. The number of nitrogens with zero attached hydrogens (tertiary/aromatic N) is 4.